The summed E-state index contributed by atoms with van der Waals surface area (Å²) in [6, 6.07) is 0. The second-order valence-electron chi connectivity index (χ2n) is 4.29. The van der Waals surface area contributed by atoms with Crippen LogP contribution in [0.1, 0.15) is 33.1 Å². The van der Waals surface area contributed by atoms with E-state index in [-0.39, 0.29) is 6.61 Å². The fourth-order valence-electron chi connectivity index (χ4n) is 1.53. The van der Waals surface area contributed by atoms with Crippen molar-refractivity contribution in [2.45, 2.75) is 44.8 Å². The highest BCUT2D eigenvalue weighted by Gasteiger charge is 2.31. The minimum Gasteiger partial charge on any atom is -0.480 e. The zero-order valence-corrected chi connectivity index (χ0v) is 10.6. The zero-order valence-electron chi connectivity index (χ0n) is 10.6. The molecule has 0 aromatic rings. The Kier molecular flexibility index (Phi) is 7.23. The van der Waals surface area contributed by atoms with E-state index in [4.69, 9.17) is 5.11 Å². The molecule has 0 aromatic carbocycles. The number of aliphatic carboxylic acids is 1. The molecule has 0 saturated carbocycles. The number of carboxylic acids is 1. The molecule has 2 N–H and O–H groups in total. The summed E-state index contributed by atoms with van der Waals surface area (Å²) in [4.78, 5) is 11.0. The van der Waals surface area contributed by atoms with Crippen LogP contribution in [0.4, 0.5) is 13.2 Å². The first-order chi connectivity index (χ1) is 8.21. The topological polar surface area (TPSA) is 58.6 Å². The number of hydrogen-bond donors (Lipinski definition) is 2. The Labute approximate surface area is 105 Å². The standard InChI is InChI=1S/C11H20F3NO3/c1-3-15-10(2,9(16)17)6-4-5-7-18-8-11(12,13)14/h15H,3-8H2,1-2H3,(H,16,17). The first-order valence-electron chi connectivity index (χ1n) is 5.84. The molecule has 0 rings (SSSR count). The fourth-order valence-corrected chi connectivity index (χ4v) is 1.53. The highest BCUT2D eigenvalue weighted by molar-refractivity contribution is 5.78. The predicted octanol–water partition coefficient (Wildman–Crippen LogP) is 2.19. The molecule has 18 heavy (non-hydrogen) atoms. The van der Waals surface area contributed by atoms with Crippen LogP contribution in [0.15, 0.2) is 0 Å². The van der Waals surface area contributed by atoms with Gasteiger partial charge >= 0.3 is 12.1 Å². The number of carboxylic acid groups (broad SMARTS) is 1. The van der Waals surface area contributed by atoms with Gasteiger partial charge in [0, 0.05) is 6.61 Å². The SMILES string of the molecule is CCNC(C)(CCCCOCC(F)(F)F)C(=O)O. The average Bonchev–Trinajstić information content (AvgIpc) is 2.22. The van der Waals surface area contributed by atoms with Crippen molar-refractivity contribution in [2.75, 3.05) is 19.8 Å². The molecule has 1 unspecified atom stereocenters. The first kappa shape index (κ1) is 17.2. The highest BCUT2D eigenvalue weighted by Crippen LogP contribution is 2.16. The van der Waals surface area contributed by atoms with Gasteiger partial charge in [0.25, 0.3) is 0 Å². The van der Waals surface area contributed by atoms with Crippen LogP contribution in [-0.4, -0.2) is 42.5 Å². The van der Waals surface area contributed by atoms with Crippen LogP contribution in [0.5, 0.6) is 0 Å². The third-order valence-electron chi connectivity index (χ3n) is 2.52. The second-order valence-corrected chi connectivity index (χ2v) is 4.29. The number of nitrogens with one attached hydrogen (secondary N) is 1. The molecule has 0 spiro atoms. The summed E-state index contributed by atoms with van der Waals surface area (Å²) in [5.74, 6) is -0.958. The van der Waals surface area contributed by atoms with Gasteiger partial charge in [0.1, 0.15) is 12.1 Å². The fraction of sp³-hybridized carbons (Fsp3) is 0.909. The number of unbranched alkanes of at least 4 members (excludes halogenated alkanes) is 1. The number of ether oxygens (including phenoxy) is 1. The zero-order chi connectivity index (χ0) is 14.2. The average molecular weight is 271 g/mol. The van der Waals surface area contributed by atoms with Gasteiger partial charge in [0.2, 0.25) is 0 Å². The van der Waals surface area contributed by atoms with E-state index >= 15 is 0 Å². The molecule has 0 bridgehead atoms. The van der Waals surface area contributed by atoms with E-state index in [1.807, 2.05) is 0 Å². The molecule has 0 heterocycles. The molecule has 0 saturated heterocycles. The van der Waals surface area contributed by atoms with Crippen molar-refractivity contribution in [3.8, 4) is 0 Å². The molecule has 1 atom stereocenters. The molecule has 4 nitrogen and oxygen atoms in total. The Morgan fingerprint density at radius 1 is 1.33 bits per heavy atom. The molecule has 0 aliphatic carbocycles. The van der Waals surface area contributed by atoms with Crippen molar-refractivity contribution < 1.29 is 27.8 Å². The maximum absolute atomic E-state index is 11.7. The molecule has 108 valence electrons. The number of likely N-dealkylation sites (N-methyl/N-ethyl adjacent to an activating group) is 1. The summed E-state index contributed by atoms with van der Waals surface area (Å²) in [7, 11) is 0. The van der Waals surface area contributed by atoms with Gasteiger partial charge < -0.3 is 15.2 Å². The summed E-state index contributed by atoms with van der Waals surface area (Å²) in [6.07, 6.45) is -3.05. The van der Waals surface area contributed by atoms with E-state index in [0.717, 1.165) is 0 Å². The molecule has 0 amide bonds. The Hall–Kier alpha value is -0.820. The van der Waals surface area contributed by atoms with E-state index in [0.29, 0.717) is 25.8 Å². The van der Waals surface area contributed by atoms with Gasteiger partial charge in [-0.15, -0.1) is 0 Å². The lowest BCUT2D eigenvalue weighted by Gasteiger charge is -2.25. The van der Waals surface area contributed by atoms with Crippen LogP contribution < -0.4 is 5.32 Å². The van der Waals surface area contributed by atoms with Crippen LogP contribution in [0, 0.1) is 0 Å². The first-order valence-corrected chi connectivity index (χ1v) is 5.84. The van der Waals surface area contributed by atoms with E-state index < -0.39 is 24.3 Å². The van der Waals surface area contributed by atoms with Crippen molar-refractivity contribution in [1.82, 2.24) is 5.32 Å². The lowest BCUT2D eigenvalue weighted by molar-refractivity contribution is -0.174. The Bertz CT molecular complexity index is 258. The predicted molar refractivity (Wildman–Crippen MR) is 60.4 cm³/mol. The van der Waals surface area contributed by atoms with Crippen LogP contribution in [0.25, 0.3) is 0 Å². The number of hydrogen-bond acceptors (Lipinski definition) is 3. The Morgan fingerprint density at radius 2 is 1.94 bits per heavy atom. The normalized spacial score (nSPS) is 15.4. The molecular formula is C11H20F3NO3. The summed E-state index contributed by atoms with van der Waals surface area (Å²) in [5.41, 5.74) is -1.03. The summed E-state index contributed by atoms with van der Waals surface area (Å²) in [6.45, 7) is 2.62. The van der Waals surface area contributed by atoms with Gasteiger partial charge in [-0.2, -0.15) is 13.2 Å². The van der Waals surface area contributed by atoms with Gasteiger partial charge in [-0.05, 0) is 32.7 Å². The third kappa shape index (κ3) is 7.50. The van der Waals surface area contributed by atoms with Gasteiger partial charge in [-0.1, -0.05) is 6.92 Å². The van der Waals surface area contributed by atoms with Gasteiger partial charge in [0.15, 0.2) is 0 Å². The summed E-state index contributed by atoms with van der Waals surface area (Å²) < 4.78 is 39.7. The minimum absolute atomic E-state index is 0.0126. The molecule has 0 aliphatic heterocycles. The van der Waals surface area contributed by atoms with Gasteiger partial charge in [-0.25, -0.2) is 0 Å². The van der Waals surface area contributed by atoms with Crippen molar-refractivity contribution in [3.63, 3.8) is 0 Å². The number of carbonyl (C=O) groups is 1. The van der Waals surface area contributed by atoms with Gasteiger partial charge in [-0.3, -0.25) is 4.79 Å². The quantitative estimate of drug-likeness (QED) is 0.631. The number of alkyl halides is 3. The van der Waals surface area contributed by atoms with Crippen LogP contribution in [0.2, 0.25) is 0 Å². The van der Waals surface area contributed by atoms with Crippen molar-refractivity contribution in [2.24, 2.45) is 0 Å². The van der Waals surface area contributed by atoms with E-state index in [2.05, 4.69) is 10.1 Å². The molecule has 0 aromatic heterocycles. The van der Waals surface area contributed by atoms with Crippen molar-refractivity contribution in [3.05, 3.63) is 0 Å². The van der Waals surface area contributed by atoms with Crippen LogP contribution >= 0.6 is 0 Å². The largest absolute Gasteiger partial charge is 0.480 e. The van der Waals surface area contributed by atoms with Crippen LogP contribution in [-0.2, 0) is 9.53 Å². The number of rotatable bonds is 9. The Balaban J connectivity index is 3.78. The monoisotopic (exact) mass is 271 g/mol. The van der Waals surface area contributed by atoms with Gasteiger partial charge in [0.05, 0.1) is 0 Å². The third-order valence-corrected chi connectivity index (χ3v) is 2.52. The maximum atomic E-state index is 11.7. The molecule has 0 radical (unpaired) electrons. The van der Waals surface area contributed by atoms with Crippen molar-refractivity contribution >= 4 is 5.97 Å². The molecule has 7 heteroatoms. The smallest absolute Gasteiger partial charge is 0.411 e. The second kappa shape index (κ2) is 7.58. The summed E-state index contributed by atoms with van der Waals surface area (Å²) >= 11 is 0. The molecule has 0 fully saturated rings. The lowest BCUT2D eigenvalue weighted by atomic mass is 9.95. The Morgan fingerprint density at radius 3 is 2.39 bits per heavy atom. The molecule has 0 aliphatic rings. The summed E-state index contributed by atoms with van der Waals surface area (Å²) in [5, 5.41) is 11.9. The van der Waals surface area contributed by atoms with Crippen LogP contribution in [0.3, 0.4) is 0 Å². The number of halogens is 3. The maximum Gasteiger partial charge on any atom is 0.411 e. The van der Waals surface area contributed by atoms with Crippen molar-refractivity contribution in [1.29, 1.82) is 0 Å². The molecular weight excluding hydrogens is 251 g/mol. The van der Waals surface area contributed by atoms with E-state index in [9.17, 15) is 18.0 Å². The van der Waals surface area contributed by atoms with E-state index in [1.165, 1.54) is 0 Å². The lowest BCUT2D eigenvalue weighted by Crippen LogP contribution is -2.49. The minimum atomic E-state index is -4.31. The highest BCUT2D eigenvalue weighted by atomic mass is 19.4. The van der Waals surface area contributed by atoms with E-state index in [1.54, 1.807) is 13.8 Å².